The molecule has 25 heavy (non-hydrogen) atoms. The molecule has 132 valence electrons. The second-order valence-corrected chi connectivity index (χ2v) is 6.90. The highest BCUT2D eigenvalue weighted by Gasteiger charge is 2.24. The van der Waals surface area contributed by atoms with E-state index in [4.69, 9.17) is 9.26 Å². The highest BCUT2D eigenvalue weighted by Crippen LogP contribution is 2.28. The average Bonchev–Trinajstić information content (AvgIpc) is 3.34. The zero-order valence-electron chi connectivity index (χ0n) is 14.2. The number of amides is 1. The molecule has 0 bridgehead atoms. The van der Waals surface area contributed by atoms with E-state index in [1.165, 1.54) is 11.1 Å². The number of hydrogen-bond acceptors (Lipinski definition) is 5. The Bertz CT molecular complexity index is 712. The van der Waals surface area contributed by atoms with Crippen molar-refractivity contribution >= 4 is 5.91 Å². The van der Waals surface area contributed by atoms with Gasteiger partial charge in [-0.1, -0.05) is 29.4 Å². The quantitative estimate of drug-likeness (QED) is 0.873. The Morgan fingerprint density at radius 3 is 2.76 bits per heavy atom. The van der Waals surface area contributed by atoms with Gasteiger partial charge >= 0.3 is 0 Å². The van der Waals surface area contributed by atoms with Crippen LogP contribution in [0.4, 0.5) is 0 Å². The molecular formula is C19H23N3O3. The first-order valence-electron chi connectivity index (χ1n) is 9.05. The van der Waals surface area contributed by atoms with Crippen molar-refractivity contribution < 1.29 is 14.1 Å². The van der Waals surface area contributed by atoms with Crippen LogP contribution in [0.2, 0.25) is 0 Å². The number of carbonyl (C=O) groups is 1. The molecule has 0 unspecified atom stereocenters. The van der Waals surface area contributed by atoms with Gasteiger partial charge in [-0.3, -0.25) is 4.79 Å². The van der Waals surface area contributed by atoms with Crippen molar-refractivity contribution in [3.05, 3.63) is 47.1 Å². The first kappa shape index (κ1) is 16.3. The molecule has 0 radical (unpaired) electrons. The fraction of sp³-hybridized carbons (Fsp3) is 0.526. The molecule has 0 saturated carbocycles. The Morgan fingerprint density at radius 2 is 2.04 bits per heavy atom. The number of fused-ring (bicyclic) bond motifs is 1. The lowest BCUT2D eigenvalue weighted by molar-refractivity contribution is -0.121. The SMILES string of the molecule is O=C(CC1Cc2ccccc2C1)NCCc1noc([C@H]2CCCO2)n1. The lowest BCUT2D eigenvalue weighted by Gasteiger charge is -2.09. The number of nitrogens with one attached hydrogen (secondary N) is 1. The summed E-state index contributed by atoms with van der Waals surface area (Å²) in [6.07, 6.45) is 5.05. The molecule has 1 aliphatic carbocycles. The van der Waals surface area contributed by atoms with Gasteiger partial charge in [0.15, 0.2) is 5.82 Å². The summed E-state index contributed by atoms with van der Waals surface area (Å²) in [6, 6.07) is 8.46. The van der Waals surface area contributed by atoms with Gasteiger partial charge in [-0.15, -0.1) is 0 Å². The molecule has 6 nitrogen and oxygen atoms in total. The van der Waals surface area contributed by atoms with E-state index in [2.05, 4.69) is 39.7 Å². The lowest BCUT2D eigenvalue weighted by Crippen LogP contribution is -2.28. The maximum absolute atomic E-state index is 12.2. The highest BCUT2D eigenvalue weighted by molar-refractivity contribution is 5.76. The van der Waals surface area contributed by atoms with Crippen LogP contribution in [-0.4, -0.2) is 29.2 Å². The molecule has 4 rings (SSSR count). The normalized spacial score (nSPS) is 19.9. The summed E-state index contributed by atoms with van der Waals surface area (Å²) in [7, 11) is 0. The Kier molecular flexibility index (Phi) is 4.78. The molecule has 2 aliphatic rings. The van der Waals surface area contributed by atoms with E-state index in [1.807, 2.05) is 0 Å². The third-order valence-corrected chi connectivity index (χ3v) is 4.97. The minimum Gasteiger partial charge on any atom is -0.368 e. The molecule has 2 heterocycles. The van der Waals surface area contributed by atoms with Crippen molar-refractivity contribution in [1.82, 2.24) is 15.5 Å². The van der Waals surface area contributed by atoms with E-state index in [9.17, 15) is 4.79 Å². The fourth-order valence-electron chi connectivity index (χ4n) is 3.71. The van der Waals surface area contributed by atoms with Crippen molar-refractivity contribution in [2.45, 2.75) is 44.6 Å². The summed E-state index contributed by atoms with van der Waals surface area (Å²) in [6.45, 7) is 1.28. The molecule has 1 aromatic carbocycles. The van der Waals surface area contributed by atoms with E-state index in [0.717, 1.165) is 32.3 Å². The van der Waals surface area contributed by atoms with E-state index >= 15 is 0 Å². The third-order valence-electron chi connectivity index (χ3n) is 4.97. The second-order valence-electron chi connectivity index (χ2n) is 6.90. The van der Waals surface area contributed by atoms with Crippen LogP contribution in [0.25, 0.3) is 0 Å². The van der Waals surface area contributed by atoms with Crippen molar-refractivity contribution in [3.63, 3.8) is 0 Å². The fourth-order valence-corrected chi connectivity index (χ4v) is 3.71. The Balaban J connectivity index is 1.19. The van der Waals surface area contributed by atoms with Gasteiger partial charge in [-0.2, -0.15) is 4.98 Å². The Labute approximate surface area is 147 Å². The molecule has 1 aliphatic heterocycles. The van der Waals surface area contributed by atoms with Gasteiger partial charge in [-0.05, 0) is 42.7 Å². The maximum Gasteiger partial charge on any atom is 0.255 e. The van der Waals surface area contributed by atoms with E-state index in [-0.39, 0.29) is 12.0 Å². The van der Waals surface area contributed by atoms with Crippen LogP contribution in [0.1, 0.15) is 48.2 Å². The van der Waals surface area contributed by atoms with Crippen LogP contribution in [0.5, 0.6) is 0 Å². The van der Waals surface area contributed by atoms with Crippen LogP contribution in [0.3, 0.4) is 0 Å². The van der Waals surface area contributed by atoms with Crippen molar-refractivity contribution in [3.8, 4) is 0 Å². The highest BCUT2D eigenvalue weighted by atomic mass is 16.5. The molecule has 1 saturated heterocycles. The predicted octanol–water partition coefficient (Wildman–Crippen LogP) is 2.38. The molecule has 1 aromatic heterocycles. The second kappa shape index (κ2) is 7.35. The molecule has 1 fully saturated rings. The number of benzene rings is 1. The summed E-state index contributed by atoms with van der Waals surface area (Å²) in [5, 5.41) is 6.94. The number of nitrogens with zero attached hydrogens (tertiary/aromatic N) is 2. The molecular weight excluding hydrogens is 318 g/mol. The summed E-state index contributed by atoms with van der Waals surface area (Å²) < 4.78 is 10.8. The van der Waals surface area contributed by atoms with Crippen molar-refractivity contribution in [1.29, 1.82) is 0 Å². The van der Waals surface area contributed by atoms with Crippen molar-refractivity contribution in [2.24, 2.45) is 5.92 Å². The topological polar surface area (TPSA) is 77.2 Å². The van der Waals surface area contributed by atoms with E-state index < -0.39 is 0 Å². The third kappa shape index (κ3) is 3.90. The zero-order valence-corrected chi connectivity index (χ0v) is 14.2. The summed E-state index contributed by atoms with van der Waals surface area (Å²) in [5.74, 6) is 1.69. The molecule has 0 spiro atoms. The number of rotatable bonds is 6. The van der Waals surface area contributed by atoms with Crippen LogP contribution in [-0.2, 0) is 28.8 Å². The first-order chi connectivity index (χ1) is 12.3. The number of aromatic nitrogens is 2. The molecule has 1 amide bonds. The Hall–Kier alpha value is -2.21. The Morgan fingerprint density at radius 1 is 1.24 bits per heavy atom. The molecule has 6 heteroatoms. The maximum atomic E-state index is 12.2. The zero-order chi connectivity index (χ0) is 17.1. The standard InChI is InChI=1S/C19H23N3O3/c23-18(12-13-10-14-4-1-2-5-15(14)11-13)20-8-7-17-21-19(25-22-17)16-6-3-9-24-16/h1-2,4-5,13,16H,3,6-12H2,(H,20,23)/t16-/m1/s1. The van der Waals surface area contributed by atoms with Crippen LogP contribution >= 0.6 is 0 Å². The molecule has 1 N–H and O–H groups in total. The van der Waals surface area contributed by atoms with Gasteiger partial charge in [0.25, 0.3) is 5.89 Å². The van der Waals surface area contributed by atoms with E-state index in [0.29, 0.717) is 37.0 Å². The summed E-state index contributed by atoms with van der Waals surface area (Å²) >= 11 is 0. The molecule has 2 aromatic rings. The van der Waals surface area contributed by atoms with Gasteiger partial charge in [0.05, 0.1) is 0 Å². The van der Waals surface area contributed by atoms with Gasteiger partial charge < -0.3 is 14.6 Å². The minimum atomic E-state index is -0.0557. The minimum absolute atomic E-state index is 0.0557. The van der Waals surface area contributed by atoms with E-state index in [1.54, 1.807) is 0 Å². The van der Waals surface area contributed by atoms with Gasteiger partial charge in [0.1, 0.15) is 6.10 Å². The number of hydrogen-bond donors (Lipinski definition) is 1. The summed E-state index contributed by atoms with van der Waals surface area (Å²) in [4.78, 5) is 16.5. The lowest BCUT2D eigenvalue weighted by atomic mass is 10.0. The number of ether oxygens (including phenoxy) is 1. The van der Waals surface area contributed by atoms with Crippen LogP contribution in [0.15, 0.2) is 28.8 Å². The monoisotopic (exact) mass is 341 g/mol. The van der Waals surface area contributed by atoms with Crippen LogP contribution < -0.4 is 5.32 Å². The van der Waals surface area contributed by atoms with Gasteiger partial charge in [0, 0.05) is 26.0 Å². The number of carbonyl (C=O) groups excluding carboxylic acids is 1. The van der Waals surface area contributed by atoms with Crippen molar-refractivity contribution in [2.75, 3.05) is 13.2 Å². The largest absolute Gasteiger partial charge is 0.368 e. The first-order valence-corrected chi connectivity index (χ1v) is 9.05. The summed E-state index contributed by atoms with van der Waals surface area (Å²) in [5.41, 5.74) is 2.77. The van der Waals surface area contributed by atoms with Gasteiger partial charge in [-0.25, -0.2) is 0 Å². The average molecular weight is 341 g/mol. The van der Waals surface area contributed by atoms with Gasteiger partial charge in [0.2, 0.25) is 5.91 Å². The van der Waals surface area contributed by atoms with Crippen LogP contribution in [0, 0.1) is 5.92 Å². The smallest absolute Gasteiger partial charge is 0.255 e. The molecule has 1 atom stereocenters. The predicted molar refractivity (Wildman–Crippen MR) is 90.9 cm³/mol.